The Labute approximate surface area is 544 Å². The van der Waals surface area contributed by atoms with Crippen molar-refractivity contribution in [3.8, 4) is 102 Å². The molecular formula is C72H70N18O3S. The minimum absolute atomic E-state index is 0.0262. The highest BCUT2D eigenvalue weighted by atomic mass is 32.2. The summed E-state index contributed by atoms with van der Waals surface area (Å²) < 4.78 is 39.8. The average molecular weight is 1270 g/mol. The van der Waals surface area contributed by atoms with E-state index in [1.54, 1.807) is 12.4 Å². The molecule has 12 aromatic heterocycles. The summed E-state index contributed by atoms with van der Waals surface area (Å²) in [7, 11) is -3.45. The molecule has 1 saturated heterocycles. The summed E-state index contributed by atoms with van der Waals surface area (Å²) in [5.41, 5.74) is 20.4. The standard InChI is InChI=1S/C27H28N6O.C23H22N6O2S.C22H20N6/c1-17-5-4-6-22(30-17)25-26(33-21-9-8-19(13-21)27(33)31-25)18-10-11-28-23(14-18)20-15-29-32(16-20)24-7-2-3-12-34-24;1-14-4-3-5-19(26-14)21-22(29-18-7-6-16(10-18)23(29)27-21)15-8-9-24-20(11-15)17-12-25-28(13-17)32(2,30)31;1-13-3-2-4-18(26-13)20-21(28-17-6-5-15(9-17)22(28)27-20)14-7-8-23-19(10-14)16-11-24-25-12-16/h4-6,10-11,14-16,19,21,24H,2-3,7-9,12-13H2,1H3;3-5,8-9,11-13,16,18H,6-7,10H2,1-2H3;2-4,7-8,10-12,15,17H,5-6,9H2,1H3,(H,24,25). The van der Waals surface area contributed by atoms with E-state index in [-0.39, 0.29) is 6.23 Å². The molecule has 12 aromatic rings. The van der Waals surface area contributed by atoms with Crippen molar-refractivity contribution < 1.29 is 13.2 Å². The fourth-order valence-electron chi connectivity index (χ4n) is 15.8. The van der Waals surface area contributed by atoms with E-state index in [0.717, 1.165) is 138 Å². The minimum Gasteiger partial charge on any atom is -0.357 e. The Kier molecular flexibility index (Phi) is 14.3. The molecule has 472 valence electrons. The van der Waals surface area contributed by atoms with Crippen molar-refractivity contribution >= 4 is 10.0 Å². The number of fused-ring (bicyclic) bond motifs is 15. The third-order valence-corrected chi connectivity index (χ3v) is 20.9. The highest BCUT2D eigenvalue weighted by Crippen LogP contribution is 2.55. The van der Waals surface area contributed by atoms with Gasteiger partial charge in [-0.25, -0.2) is 28.1 Å². The van der Waals surface area contributed by atoms with Crippen molar-refractivity contribution in [2.45, 2.75) is 140 Å². The number of aryl methyl sites for hydroxylation is 3. The summed E-state index contributed by atoms with van der Waals surface area (Å²) in [5, 5.41) is 15.5. The molecule has 7 aliphatic rings. The van der Waals surface area contributed by atoms with Gasteiger partial charge >= 0.3 is 0 Å². The maximum Gasteiger partial charge on any atom is 0.250 e. The first kappa shape index (κ1) is 57.9. The van der Waals surface area contributed by atoms with E-state index in [9.17, 15) is 8.42 Å². The normalized spacial score (nSPS) is 21.0. The molecule has 16 heterocycles. The van der Waals surface area contributed by atoms with Crippen LogP contribution in [-0.2, 0) is 14.8 Å². The molecule has 19 rings (SSSR count). The first-order chi connectivity index (χ1) is 45.9. The fourth-order valence-corrected chi connectivity index (χ4v) is 16.3. The van der Waals surface area contributed by atoms with Gasteiger partial charge < -0.3 is 18.4 Å². The quantitative estimate of drug-likeness (QED) is 0.127. The van der Waals surface area contributed by atoms with Gasteiger partial charge in [-0.05, 0) is 171 Å². The molecule has 7 atom stereocenters. The van der Waals surface area contributed by atoms with Crippen LogP contribution in [0.5, 0.6) is 0 Å². The number of H-pyrrole nitrogens is 1. The number of imidazole rings is 3. The van der Waals surface area contributed by atoms with E-state index in [2.05, 4.69) is 98.8 Å². The Bertz CT molecular complexity index is 4990. The summed E-state index contributed by atoms with van der Waals surface area (Å²) in [4.78, 5) is 43.5. The van der Waals surface area contributed by atoms with Crippen LogP contribution in [0, 0.1) is 20.8 Å². The number of nitrogens with one attached hydrogen (secondary N) is 1. The second-order valence-electron chi connectivity index (χ2n) is 26.3. The Morgan fingerprint density at radius 3 is 1.32 bits per heavy atom. The lowest BCUT2D eigenvalue weighted by atomic mass is 10.1. The van der Waals surface area contributed by atoms with Gasteiger partial charge in [-0.3, -0.25) is 35.0 Å². The van der Waals surface area contributed by atoms with Gasteiger partial charge in [0, 0.05) is 124 Å². The highest BCUT2D eigenvalue weighted by Gasteiger charge is 2.44. The molecule has 0 amide bonds. The average Bonchev–Trinajstić information content (AvgIpc) is 1.58. The van der Waals surface area contributed by atoms with Crippen LogP contribution in [0.25, 0.3) is 102 Å². The van der Waals surface area contributed by atoms with Crippen molar-refractivity contribution in [3.63, 3.8) is 0 Å². The van der Waals surface area contributed by atoms with Gasteiger partial charge in [-0.2, -0.15) is 19.4 Å². The Morgan fingerprint density at radius 1 is 0.468 bits per heavy atom. The van der Waals surface area contributed by atoms with E-state index in [1.165, 1.54) is 93.2 Å². The van der Waals surface area contributed by atoms with E-state index in [4.69, 9.17) is 39.6 Å². The van der Waals surface area contributed by atoms with Crippen LogP contribution in [0.4, 0.5) is 0 Å². The first-order valence-electron chi connectivity index (χ1n) is 32.9. The molecule has 0 spiro atoms. The molecule has 1 N–H and O–H groups in total. The van der Waals surface area contributed by atoms with Crippen LogP contribution < -0.4 is 0 Å². The van der Waals surface area contributed by atoms with Gasteiger partial charge in [0.2, 0.25) is 0 Å². The summed E-state index contributed by atoms with van der Waals surface area (Å²) >= 11 is 0. The third-order valence-electron chi connectivity index (χ3n) is 20.1. The summed E-state index contributed by atoms with van der Waals surface area (Å²) in [6, 6.07) is 32.4. The summed E-state index contributed by atoms with van der Waals surface area (Å²) in [6.07, 6.45) is 31.5. The van der Waals surface area contributed by atoms with Crippen molar-refractivity contribution in [2.24, 2.45) is 0 Å². The summed E-state index contributed by atoms with van der Waals surface area (Å²) in [6.45, 7) is 6.85. The Hall–Kier alpha value is -9.93. The number of aromatic amines is 1. The van der Waals surface area contributed by atoms with Crippen LogP contribution in [-0.4, -0.2) is 109 Å². The zero-order valence-corrected chi connectivity index (χ0v) is 53.6. The zero-order valence-electron chi connectivity index (χ0n) is 52.8. The molecule has 4 fully saturated rings. The molecule has 22 heteroatoms. The number of pyridine rings is 6. The van der Waals surface area contributed by atoms with Crippen molar-refractivity contribution in [1.29, 1.82) is 0 Å². The predicted molar refractivity (Wildman–Crippen MR) is 356 cm³/mol. The molecule has 21 nitrogen and oxygen atoms in total. The lowest BCUT2D eigenvalue weighted by Crippen LogP contribution is -2.18. The Morgan fingerprint density at radius 2 is 0.915 bits per heavy atom. The van der Waals surface area contributed by atoms with Gasteiger partial charge in [0.05, 0.1) is 82.3 Å². The zero-order chi connectivity index (χ0) is 63.3. The van der Waals surface area contributed by atoms with E-state index >= 15 is 0 Å². The highest BCUT2D eigenvalue weighted by molar-refractivity contribution is 7.89. The largest absolute Gasteiger partial charge is 0.357 e. The topological polar surface area (TPSA) is 238 Å². The van der Waals surface area contributed by atoms with Gasteiger partial charge in [-0.1, -0.05) is 18.2 Å². The second kappa shape index (κ2) is 23.3. The predicted octanol–water partition coefficient (Wildman–Crippen LogP) is 14.0. The van der Waals surface area contributed by atoms with Crippen LogP contribution in [0.2, 0.25) is 0 Å². The minimum atomic E-state index is -3.45. The Balaban J connectivity index is 0.000000108. The number of rotatable bonds is 11. The molecule has 3 saturated carbocycles. The molecule has 0 radical (unpaired) electrons. The fraction of sp³-hybridized carbons (Fsp3) is 0.333. The van der Waals surface area contributed by atoms with Crippen LogP contribution in [0.3, 0.4) is 0 Å². The smallest absolute Gasteiger partial charge is 0.250 e. The third kappa shape index (κ3) is 10.4. The first-order valence-corrected chi connectivity index (χ1v) is 34.7. The SMILES string of the molecule is Cc1cccc(-c2nc3n(c2-c2ccnc(-c4cn[nH]c4)c2)C2CCC3C2)n1.Cc1cccc(-c2nc3n(c2-c2ccnc(-c4cnn(C5CCCCO5)c4)c2)C2CCC3C2)n1.Cc1cccc(-c2nc3n(c2-c2ccnc(-c4cnn(S(C)(=O)=O)c4)c2)C2CCC3C2)n1. The maximum absolute atomic E-state index is 11.8. The van der Waals surface area contributed by atoms with Crippen LogP contribution in [0.1, 0.15) is 154 Å². The molecule has 4 aliphatic heterocycles. The number of nitrogens with zero attached hydrogens (tertiary/aromatic N) is 17. The number of ether oxygens (including phenoxy) is 1. The van der Waals surface area contributed by atoms with E-state index in [1.807, 2.05) is 92.7 Å². The monoisotopic (exact) mass is 1270 g/mol. The van der Waals surface area contributed by atoms with E-state index < -0.39 is 10.0 Å². The molecule has 0 aromatic carbocycles. The molecule has 6 bridgehead atoms. The van der Waals surface area contributed by atoms with Gasteiger partial charge in [0.25, 0.3) is 10.0 Å². The molecular weight excluding hydrogens is 1200 g/mol. The van der Waals surface area contributed by atoms with Crippen LogP contribution in [0.15, 0.2) is 147 Å². The van der Waals surface area contributed by atoms with Crippen LogP contribution >= 0.6 is 0 Å². The van der Waals surface area contributed by atoms with Gasteiger partial charge in [0.15, 0.2) is 0 Å². The van der Waals surface area contributed by atoms with E-state index in [0.29, 0.717) is 47.1 Å². The lowest BCUT2D eigenvalue weighted by molar-refractivity contribution is -0.0394. The number of hydrogen-bond donors (Lipinski definition) is 1. The second-order valence-corrected chi connectivity index (χ2v) is 28.1. The van der Waals surface area contributed by atoms with Crippen molar-refractivity contribution in [3.05, 3.63) is 181 Å². The van der Waals surface area contributed by atoms with Crippen molar-refractivity contribution in [2.75, 3.05) is 12.9 Å². The number of aromatic nitrogens is 18. The van der Waals surface area contributed by atoms with Gasteiger partial charge in [0.1, 0.15) is 40.8 Å². The molecule has 3 aliphatic carbocycles. The number of hydrogen-bond acceptors (Lipinski definition) is 15. The van der Waals surface area contributed by atoms with Gasteiger partial charge in [-0.15, -0.1) is 0 Å². The molecule has 94 heavy (non-hydrogen) atoms. The maximum atomic E-state index is 11.8. The molecule has 7 unspecified atom stereocenters. The summed E-state index contributed by atoms with van der Waals surface area (Å²) in [5.74, 6) is 5.26. The lowest BCUT2D eigenvalue weighted by Gasteiger charge is -2.22. The van der Waals surface area contributed by atoms with Crippen molar-refractivity contribution in [1.82, 2.24) is 87.7 Å².